The molecule has 21 heavy (non-hydrogen) atoms. The van der Waals surface area contributed by atoms with Gasteiger partial charge in [-0.25, -0.2) is 9.97 Å². The number of nitrogens with zero attached hydrogens (tertiary/aromatic N) is 4. The van der Waals surface area contributed by atoms with Gasteiger partial charge in [0.15, 0.2) is 0 Å². The third-order valence-corrected chi connectivity index (χ3v) is 5.95. The fraction of sp³-hybridized carbons (Fsp3) is 0.600. The molecule has 2 fully saturated rings. The van der Waals surface area contributed by atoms with Crippen LogP contribution >= 0.6 is 11.3 Å². The minimum Gasteiger partial charge on any atom is -0.353 e. The SMILES string of the molecule is Cc1sc2ncnc(N3CCN(C4CNC4)CC3)c2c1C. The number of thiophene rings is 1. The molecule has 2 aliphatic rings. The van der Waals surface area contributed by atoms with E-state index in [1.165, 1.54) is 15.8 Å². The van der Waals surface area contributed by atoms with Crippen LogP contribution in [-0.4, -0.2) is 60.2 Å². The first-order valence-electron chi connectivity index (χ1n) is 7.64. The maximum Gasteiger partial charge on any atom is 0.141 e. The Morgan fingerprint density at radius 3 is 2.57 bits per heavy atom. The minimum atomic E-state index is 0.752. The van der Waals surface area contributed by atoms with E-state index in [0.717, 1.165) is 56.0 Å². The van der Waals surface area contributed by atoms with Crippen LogP contribution in [0, 0.1) is 13.8 Å². The predicted molar refractivity (Wildman–Crippen MR) is 87.3 cm³/mol. The van der Waals surface area contributed by atoms with Crippen LogP contribution in [0.15, 0.2) is 6.33 Å². The Labute approximate surface area is 129 Å². The number of aryl methyl sites for hydroxylation is 2. The van der Waals surface area contributed by atoms with E-state index in [1.807, 2.05) is 0 Å². The van der Waals surface area contributed by atoms with Gasteiger partial charge in [-0.05, 0) is 19.4 Å². The van der Waals surface area contributed by atoms with Crippen LogP contribution < -0.4 is 10.2 Å². The normalized spacial score (nSPS) is 21.0. The van der Waals surface area contributed by atoms with Crippen LogP contribution in [0.25, 0.3) is 10.2 Å². The Balaban J connectivity index is 1.59. The van der Waals surface area contributed by atoms with Gasteiger partial charge in [0.05, 0.1) is 5.39 Å². The highest BCUT2D eigenvalue weighted by atomic mass is 32.1. The zero-order valence-electron chi connectivity index (χ0n) is 12.6. The van der Waals surface area contributed by atoms with Crippen molar-refractivity contribution < 1.29 is 0 Å². The number of rotatable bonds is 2. The Morgan fingerprint density at radius 2 is 1.90 bits per heavy atom. The summed E-state index contributed by atoms with van der Waals surface area (Å²) in [5, 5.41) is 4.62. The van der Waals surface area contributed by atoms with Crippen LogP contribution in [0.4, 0.5) is 5.82 Å². The predicted octanol–water partition coefficient (Wildman–Crippen LogP) is 1.40. The molecule has 0 amide bonds. The van der Waals surface area contributed by atoms with Crippen molar-refractivity contribution in [3.05, 3.63) is 16.8 Å². The number of piperazine rings is 1. The molecular formula is C15H21N5S. The van der Waals surface area contributed by atoms with Crippen LogP contribution in [0.2, 0.25) is 0 Å². The summed E-state index contributed by atoms with van der Waals surface area (Å²) in [6.45, 7) is 11.1. The van der Waals surface area contributed by atoms with E-state index < -0.39 is 0 Å². The van der Waals surface area contributed by atoms with E-state index in [2.05, 4.69) is 38.9 Å². The average Bonchev–Trinajstić information content (AvgIpc) is 2.73. The smallest absolute Gasteiger partial charge is 0.141 e. The Bertz CT molecular complexity index is 655. The Hall–Kier alpha value is -1.24. The number of hydrogen-bond donors (Lipinski definition) is 1. The molecule has 2 saturated heterocycles. The summed E-state index contributed by atoms with van der Waals surface area (Å²) >= 11 is 1.78. The topological polar surface area (TPSA) is 44.3 Å². The van der Waals surface area contributed by atoms with E-state index in [4.69, 9.17) is 0 Å². The van der Waals surface area contributed by atoms with Gasteiger partial charge in [0.2, 0.25) is 0 Å². The summed E-state index contributed by atoms with van der Waals surface area (Å²) in [4.78, 5) is 16.6. The van der Waals surface area contributed by atoms with Gasteiger partial charge in [0, 0.05) is 50.2 Å². The number of anilines is 1. The van der Waals surface area contributed by atoms with Gasteiger partial charge in [-0.15, -0.1) is 11.3 Å². The minimum absolute atomic E-state index is 0.752. The number of aromatic nitrogens is 2. The highest BCUT2D eigenvalue weighted by Crippen LogP contribution is 2.34. The van der Waals surface area contributed by atoms with Crippen molar-refractivity contribution in [2.75, 3.05) is 44.2 Å². The van der Waals surface area contributed by atoms with Crippen molar-refractivity contribution in [3.63, 3.8) is 0 Å². The molecule has 6 heteroatoms. The first-order valence-corrected chi connectivity index (χ1v) is 8.46. The van der Waals surface area contributed by atoms with Gasteiger partial charge in [-0.3, -0.25) is 4.90 Å². The summed E-state index contributed by atoms with van der Waals surface area (Å²) in [6.07, 6.45) is 1.72. The second kappa shape index (κ2) is 5.19. The van der Waals surface area contributed by atoms with Crippen molar-refractivity contribution >= 4 is 27.4 Å². The third kappa shape index (κ3) is 2.22. The van der Waals surface area contributed by atoms with Crippen molar-refractivity contribution in [2.24, 2.45) is 0 Å². The molecule has 0 saturated carbocycles. The molecule has 1 N–H and O–H groups in total. The monoisotopic (exact) mass is 303 g/mol. The van der Waals surface area contributed by atoms with Crippen LogP contribution in [-0.2, 0) is 0 Å². The van der Waals surface area contributed by atoms with Gasteiger partial charge >= 0.3 is 0 Å². The Morgan fingerprint density at radius 1 is 1.14 bits per heavy atom. The quantitative estimate of drug-likeness (QED) is 0.908. The first kappa shape index (κ1) is 13.4. The molecule has 4 rings (SSSR count). The van der Waals surface area contributed by atoms with Gasteiger partial charge in [0.1, 0.15) is 17.0 Å². The molecule has 4 heterocycles. The third-order valence-electron chi connectivity index (χ3n) is 4.84. The van der Waals surface area contributed by atoms with Gasteiger partial charge < -0.3 is 10.2 Å². The second-order valence-corrected chi connectivity index (χ2v) is 7.20. The summed E-state index contributed by atoms with van der Waals surface area (Å²) in [5.41, 5.74) is 1.34. The molecule has 0 bridgehead atoms. The van der Waals surface area contributed by atoms with E-state index in [0.29, 0.717) is 0 Å². The lowest BCUT2D eigenvalue weighted by Gasteiger charge is -2.43. The molecule has 0 radical (unpaired) electrons. The van der Waals surface area contributed by atoms with Crippen LogP contribution in [0.3, 0.4) is 0 Å². The second-order valence-electron chi connectivity index (χ2n) is 6.00. The fourth-order valence-electron chi connectivity index (χ4n) is 3.23. The fourth-order valence-corrected chi connectivity index (χ4v) is 4.23. The Kier molecular flexibility index (Phi) is 3.32. The van der Waals surface area contributed by atoms with E-state index >= 15 is 0 Å². The van der Waals surface area contributed by atoms with Gasteiger partial charge in [-0.1, -0.05) is 0 Å². The number of hydrogen-bond acceptors (Lipinski definition) is 6. The molecule has 5 nitrogen and oxygen atoms in total. The molecule has 0 atom stereocenters. The van der Waals surface area contributed by atoms with Crippen molar-refractivity contribution in [2.45, 2.75) is 19.9 Å². The zero-order valence-corrected chi connectivity index (χ0v) is 13.4. The van der Waals surface area contributed by atoms with Gasteiger partial charge in [0.25, 0.3) is 0 Å². The molecule has 2 aromatic rings. The number of nitrogens with one attached hydrogen (secondary N) is 1. The summed E-state index contributed by atoms with van der Waals surface area (Å²) < 4.78 is 0. The van der Waals surface area contributed by atoms with E-state index in [-0.39, 0.29) is 0 Å². The summed E-state index contributed by atoms with van der Waals surface area (Å²) in [7, 11) is 0. The molecule has 0 spiro atoms. The average molecular weight is 303 g/mol. The lowest BCUT2D eigenvalue weighted by Crippen LogP contribution is -2.61. The van der Waals surface area contributed by atoms with Crippen molar-refractivity contribution in [1.82, 2.24) is 20.2 Å². The first-order chi connectivity index (χ1) is 10.2. The van der Waals surface area contributed by atoms with Crippen molar-refractivity contribution in [1.29, 1.82) is 0 Å². The number of fused-ring (bicyclic) bond motifs is 1. The molecule has 112 valence electrons. The van der Waals surface area contributed by atoms with E-state index in [9.17, 15) is 0 Å². The van der Waals surface area contributed by atoms with Crippen LogP contribution in [0.5, 0.6) is 0 Å². The molecule has 0 aliphatic carbocycles. The molecule has 0 unspecified atom stereocenters. The van der Waals surface area contributed by atoms with Gasteiger partial charge in [-0.2, -0.15) is 0 Å². The maximum atomic E-state index is 4.60. The highest BCUT2D eigenvalue weighted by molar-refractivity contribution is 7.18. The highest BCUT2D eigenvalue weighted by Gasteiger charge is 2.29. The largest absolute Gasteiger partial charge is 0.353 e. The molecule has 2 aromatic heterocycles. The zero-order chi connectivity index (χ0) is 14.4. The summed E-state index contributed by atoms with van der Waals surface area (Å²) in [6, 6.07) is 0.752. The maximum absolute atomic E-state index is 4.60. The lowest BCUT2D eigenvalue weighted by atomic mass is 10.1. The lowest BCUT2D eigenvalue weighted by molar-refractivity contribution is 0.138. The molecular weight excluding hydrogens is 282 g/mol. The van der Waals surface area contributed by atoms with E-state index in [1.54, 1.807) is 17.7 Å². The van der Waals surface area contributed by atoms with Crippen LogP contribution in [0.1, 0.15) is 10.4 Å². The molecule has 2 aliphatic heterocycles. The summed E-state index contributed by atoms with van der Waals surface area (Å²) in [5.74, 6) is 1.13. The molecule has 0 aromatic carbocycles. The van der Waals surface area contributed by atoms with Crippen molar-refractivity contribution in [3.8, 4) is 0 Å². The standard InChI is InChI=1S/C15H21N5S/c1-10-11(2)21-15-13(10)14(17-9-18-15)20-5-3-19(4-6-20)12-7-16-8-12/h9,12,16H,3-8H2,1-2H3.